The molecule has 0 radical (unpaired) electrons. The maximum absolute atomic E-state index is 12.4. The van der Waals surface area contributed by atoms with Gasteiger partial charge in [-0.15, -0.1) is 0 Å². The predicted molar refractivity (Wildman–Crippen MR) is 128 cm³/mol. The molecule has 0 spiro atoms. The number of halogens is 1. The molecule has 3 rings (SSSR count). The van der Waals surface area contributed by atoms with E-state index in [-0.39, 0.29) is 5.91 Å². The van der Waals surface area contributed by atoms with Gasteiger partial charge in [-0.3, -0.25) is 4.79 Å². The van der Waals surface area contributed by atoms with Gasteiger partial charge < -0.3 is 19.4 Å². The van der Waals surface area contributed by atoms with Crippen molar-refractivity contribution in [2.24, 2.45) is 0 Å². The molecule has 0 fully saturated rings. The standard InChI is InChI=1S/C25H29ClN2O3/c1-6-30-24-17(3)25-21(22(15-31-25)18-7-9-19(26)10-8-18)14-20(24)16(2)13-23(29)27-11-12-28(4)5/h7-10,13-15H,6,11-12H2,1-5H3,(H,27,29)/b16-13+. The third-order valence-corrected chi connectivity index (χ3v) is 5.37. The van der Waals surface area contributed by atoms with Crippen LogP contribution in [0.5, 0.6) is 5.75 Å². The van der Waals surface area contributed by atoms with Crippen molar-refractivity contribution in [1.29, 1.82) is 0 Å². The number of rotatable bonds is 8. The molecule has 1 amide bonds. The summed E-state index contributed by atoms with van der Waals surface area (Å²) in [5.74, 6) is 0.617. The average Bonchev–Trinajstić information content (AvgIpc) is 3.14. The fraction of sp³-hybridized carbons (Fsp3) is 0.320. The fourth-order valence-electron chi connectivity index (χ4n) is 3.52. The van der Waals surface area contributed by atoms with E-state index in [1.807, 2.05) is 70.1 Å². The van der Waals surface area contributed by atoms with E-state index in [1.165, 1.54) is 0 Å². The summed E-state index contributed by atoms with van der Waals surface area (Å²) in [5.41, 5.74) is 5.39. The van der Waals surface area contributed by atoms with Crippen molar-refractivity contribution in [3.63, 3.8) is 0 Å². The van der Waals surface area contributed by atoms with Gasteiger partial charge in [-0.1, -0.05) is 23.7 Å². The van der Waals surface area contributed by atoms with E-state index < -0.39 is 0 Å². The Morgan fingerprint density at radius 1 is 1.26 bits per heavy atom. The van der Waals surface area contributed by atoms with Crippen molar-refractivity contribution >= 4 is 34.1 Å². The Hall–Kier alpha value is -2.76. The zero-order chi connectivity index (χ0) is 22.5. The van der Waals surface area contributed by atoms with Crippen LogP contribution in [-0.2, 0) is 4.79 Å². The minimum Gasteiger partial charge on any atom is -0.493 e. The highest BCUT2D eigenvalue weighted by molar-refractivity contribution is 6.30. The summed E-state index contributed by atoms with van der Waals surface area (Å²) < 4.78 is 11.9. The molecule has 6 heteroatoms. The van der Waals surface area contributed by atoms with E-state index in [9.17, 15) is 4.79 Å². The zero-order valence-electron chi connectivity index (χ0n) is 18.7. The van der Waals surface area contributed by atoms with Crippen molar-refractivity contribution in [3.05, 3.63) is 58.8 Å². The van der Waals surface area contributed by atoms with Gasteiger partial charge in [-0.25, -0.2) is 0 Å². The molecular formula is C25H29ClN2O3. The lowest BCUT2D eigenvalue weighted by Gasteiger charge is -2.15. The van der Waals surface area contributed by atoms with Gasteiger partial charge in [-0.2, -0.15) is 0 Å². The molecule has 0 aliphatic heterocycles. The van der Waals surface area contributed by atoms with Crippen LogP contribution in [-0.4, -0.2) is 44.6 Å². The molecule has 1 heterocycles. The Balaban J connectivity index is 2.05. The highest BCUT2D eigenvalue weighted by Crippen LogP contribution is 2.40. The van der Waals surface area contributed by atoms with Crippen molar-refractivity contribution in [1.82, 2.24) is 10.2 Å². The smallest absolute Gasteiger partial charge is 0.244 e. The van der Waals surface area contributed by atoms with Crippen LogP contribution in [0.25, 0.3) is 27.7 Å². The molecule has 0 unspecified atom stereocenters. The quantitative estimate of drug-likeness (QED) is 0.467. The summed E-state index contributed by atoms with van der Waals surface area (Å²) in [4.78, 5) is 14.4. The van der Waals surface area contributed by atoms with Crippen molar-refractivity contribution < 1.29 is 13.9 Å². The molecule has 3 aromatic rings. The number of fused-ring (bicyclic) bond motifs is 1. The first kappa shape index (κ1) is 22.9. The Morgan fingerprint density at radius 3 is 2.61 bits per heavy atom. The molecule has 0 aliphatic carbocycles. The summed E-state index contributed by atoms with van der Waals surface area (Å²) in [7, 11) is 3.95. The van der Waals surface area contributed by atoms with E-state index in [0.29, 0.717) is 18.2 Å². The highest BCUT2D eigenvalue weighted by Gasteiger charge is 2.19. The summed E-state index contributed by atoms with van der Waals surface area (Å²) >= 11 is 6.05. The Labute approximate surface area is 188 Å². The second-order valence-electron chi connectivity index (χ2n) is 7.77. The van der Waals surface area contributed by atoms with Crippen LogP contribution in [0.15, 0.2) is 47.1 Å². The first-order valence-corrected chi connectivity index (χ1v) is 10.7. The molecule has 0 atom stereocenters. The summed E-state index contributed by atoms with van der Waals surface area (Å²) in [6.07, 6.45) is 3.38. The van der Waals surface area contributed by atoms with E-state index >= 15 is 0 Å². The predicted octanol–water partition coefficient (Wildman–Crippen LogP) is 5.54. The number of hydrogen-bond donors (Lipinski definition) is 1. The third kappa shape index (κ3) is 5.30. The molecule has 31 heavy (non-hydrogen) atoms. The lowest BCUT2D eigenvalue weighted by Crippen LogP contribution is -2.30. The first-order valence-electron chi connectivity index (χ1n) is 10.4. The second-order valence-corrected chi connectivity index (χ2v) is 8.20. The molecule has 0 saturated heterocycles. The van der Waals surface area contributed by atoms with Gasteiger partial charge in [0.25, 0.3) is 0 Å². The molecule has 164 valence electrons. The average molecular weight is 441 g/mol. The van der Waals surface area contributed by atoms with Crippen molar-refractivity contribution in [2.45, 2.75) is 20.8 Å². The topological polar surface area (TPSA) is 54.7 Å². The third-order valence-electron chi connectivity index (χ3n) is 5.12. The van der Waals surface area contributed by atoms with Crippen LogP contribution in [0.2, 0.25) is 5.02 Å². The Morgan fingerprint density at radius 2 is 1.97 bits per heavy atom. The number of carbonyl (C=O) groups is 1. The summed E-state index contributed by atoms with van der Waals surface area (Å²) in [5, 5.41) is 4.58. The van der Waals surface area contributed by atoms with E-state index in [1.54, 1.807) is 12.3 Å². The van der Waals surface area contributed by atoms with Crippen LogP contribution in [0, 0.1) is 6.92 Å². The number of likely N-dealkylation sites (N-methyl/N-ethyl adjacent to an activating group) is 1. The van der Waals surface area contributed by atoms with Crippen LogP contribution >= 0.6 is 11.6 Å². The van der Waals surface area contributed by atoms with Gasteiger partial charge in [0.05, 0.1) is 12.9 Å². The maximum atomic E-state index is 12.4. The fourth-order valence-corrected chi connectivity index (χ4v) is 3.65. The number of aryl methyl sites for hydroxylation is 1. The summed E-state index contributed by atoms with van der Waals surface area (Å²) in [6.45, 7) is 7.75. The van der Waals surface area contributed by atoms with Gasteiger partial charge >= 0.3 is 0 Å². The molecular weight excluding hydrogens is 412 g/mol. The number of hydrogen-bond acceptors (Lipinski definition) is 4. The lowest BCUT2D eigenvalue weighted by atomic mass is 9.96. The van der Waals surface area contributed by atoms with Crippen LogP contribution in [0.3, 0.4) is 0 Å². The normalized spacial score (nSPS) is 11.9. The van der Waals surface area contributed by atoms with Gasteiger partial charge in [0.2, 0.25) is 5.91 Å². The van der Waals surface area contributed by atoms with E-state index in [4.69, 9.17) is 20.8 Å². The van der Waals surface area contributed by atoms with Crippen LogP contribution in [0.4, 0.5) is 0 Å². The number of nitrogens with one attached hydrogen (secondary N) is 1. The second kappa shape index (κ2) is 10.0. The number of amides is 1. The number of ether oxygens (including phenoxy) is 1. The minimum atomic E-state index is -0.121. The molecule has 1 N–H and O–H groups in total. The van der Waals surface area contributed by atoms with Crippen molar-refractivity contribution in [2.75, 3.05) is 33.8 Å². The van der Waals surface area contributed by atoms with Crippen LogP contribution in [0.1, 0.15) is 25.0 Å². The van der Waals surface area contributed by atoms with E-state index in [0.717, 1.165) is 51.1 Å². The molecule has 5 nitrogen and oxygen atoms in total. The maximum Gasteiger partial charge on any atom is 0.244 e. The van der Waals surface area contributed by atoms with Gasteiger partial charge in [0, 0.05) is 46.3 Å². The van der Waals surface area contributed by atoms with E-state index in [2.05, 4.69) is 5.32 Å². The van der Waals surface area contributed by atoms with Gasteiger partial charge in [0.15, 0.2) is 0 Å². The van der Waals surface area contributed by atoms with Gasteiger partial charge in [-0.05, 0) is 64.2 Å². The molecule has 1 aromatic heterocycles. The number of nitrogens with zero attached hydrogens (tertiary/aromatic N) is 1. The largest absolute Gasteiger partial charge is 0.493 e. The number of benzene rings is 2. The number of allylic oxidation sites excluding steroid dienone is 1. The van der Waals surface area contributed by atoms with Crippen molar-refractivity contribution in [3.8, 4) is 16.9 Å². The highest BCUT2D eigenvalue weighted by atomic mass is 35.5. The SMILES string of the molecule is CCOc1c(/C(C)=C/C(=O)NCCN(C)C)cc2c(-c3ccc(Cl)cc3)coc2c1C. The Kier molecular flexibility index (Phi) is 7.42. The van der Waals surface area contributed by atoms with Gasteiger partial charge in [0.1, 0.15) is 11.3 Å². The first-order chi connectivity index (χ1) is 14.8. The summed E-state index contributed by atoms with van der Waals surface area (Å²) in [6, 6.07) is 9.71. The monoisotopic (exact) mass is 440 g/mol. The zero-order valence-corrected chi connectivity index (χ0v) is 19.5. The molecule has 0 bridgehead atoms. The molecule has 0 aliphatic rings. The number of carbonyl (C=O) groups excluding carboxylic acids is 1. The Bertz CT molecular complexity index is 1100. The molecule has 2 aromatic carbocycles. The van der Waals surface area contributed by atoms with Crippen LogP contribution < -0.4 is 10.1 Å². The number of furan rings is 1. The minimum absolute atomic E-state index is 0.121. The lowest BCUT2D eigenvalue weighted by molar-refractivity contribution is -0.116. The molecule has 0 saturated carbocycles.